The molecule has 2 rings (SSSR count). The van der Waals surface area contributed by atoms with Gasteiger partial charge >= 0.3 is 0 Å². The normalized spacial score (nSPS) is 10.3. The number of hydrogen-bond donors (Lipinski definition) is 1. The maximum atomic E-state index is 13.0. The first kappa shape index (κ1) is 10.0. The van der Waals surface area contributed by atoms with E-state index in [1.165, 1.54) is 0 Å². The molecule has 0 radical (unpaired) electrons. The Labute approximate surface area is 93.1 Å². The van der Waals surface area contributed by atoms with Crippen LogP contribution in [-0.2, 0) is 0 Å². The van der Waals surface area contributed by atoms with Crippen molar-refractivity contribution < 1.29 is 4.39 Å². The monoisotopic (exact) mass is 268 g/mol. The van der Waals surface area contributed by atoms with Gasteiger partial charge in [0.25, 0.3) is 5.56 Å². The fourth-order valence-corrected chi connectivity index (χ4v) is 1.52. The molecule has 0 aliphatic heterocycles. The molecule has 0 fully saturated rings. The molecule has 1 aromatic heterocycles. The van der Waals surface area contributed by atoms with E-state index in [9.17, 15) is 9.18 Å². The van der Waals surface area contributed by atoms with Crippen molar-refractivity contribution in [2.45, 2.75) is 0 Å². The molecule has 5 heteroatoms. The second kappa shape index (κ2) is 3.94. The summed E-state index contributed by atoms with van der Waals surface area (Å²) in [6, 6.07) is 9.03. The SMILES string of the molecule is O=c1[nH]c(-c2ccccc2)nc(Br)c1F. The average molecular weight is 269 g/mol. The molecule has 0 spiro atoms. The summed E-state index contributed by atoms with van der Waals surface area (Å²) in [5, 5.41) is 0. The van der Waals surface area contributed by atoms with E-state index in [4.69, 9.17) is 0 Å². The number of nitrogens with zero attached hydrogens (tertiary/aromatic N) is 1. The summed E-state index contributed by atoms with van der Waals surface area (Å²) in [4.78, 5) is 17.4. The molecule has 1 aromatic carbocycles. The van der Waals surface area contributed by atoms with Gasteiger partial charge in [-0.1, -0.05) is 30.3 Å². The Bertz CT molecular complexity index is 539. The summed E-state index contributed by atoms with van der Waals surface area (Å²) in [5.41, 5.74) is -0.0500. The quantitative estimate of drug-likeness (QED) is 0.807. The smallest absolute Gasteiger partial charge is 0.288 e. The van der Waals surface area contributed by atoms with Crippen molar-refractivity contribution in [3.05, 3.63) is 51.1 Å². The second-order valence-corrected chi connectivity index (χ2v) is 3.64. The van der Waals surface area contributed by atoms with Gasteiger partial charge < -0.3 is 4.98 Å². The first-order chi connectivity index (χ1) is 7.18. The molecular weight excluding hydrogens is 263 g/mol. The van der Waals surface area contributed by atoms with Crippen LogP contribution in [0.5, 0.6) is 0 Å². The fraction of sp³-hybridized carbons (Fsp3) is 0. The lowest BCUT2D eigenvalue weighted by Crippen LogP contribution is -2.14. The van der Waals surface area contributed by atoms with Crippen molar-refractivity contribution in [2.24, 2.45) is 0 Å². The predicted molar refractivity (Wildman–Crippen MR) is 58.0 cm³/mol. The lowest BCUT2D eigenvalue weighted by molar-refractivity contribution is 0.592. The summed E-state index contributed by atoms with van der Waals surface area (Å²) < 4.78 is 12.9. The van der Waals surface area contributed by atoms with Gasteiger partial charge in [0.05, 0.1) is 0 Å². The molecule has 3 nitrogen and oxygen atoms in total. The summed E-state index contributed by atoms with van der Waals surface area (Å²) in [5.74, 6) is -0.566. The van der Waals surface area contributed by atoms with Gasteiger partial charge in [0.1, 0.15) is 10.4 Å². The molecule has 2 aromatic rings. The van der Waals surface area contributed by atoms with E-state index in [0.29, 0.717) is 5.82 Å². The Morgan fingerprint density at radius 3 is 2.53 bits per heavy atom. The third-order valence-electron chi connectivity index (χ3n) is 1.87. The van der Waals surface area contributed by atoms with Crippen LogP contribution in [0.2, 0.25) is 0 Å². The molecule has 0 unspecified atom stereocenters. The summed E-state index contributed by atoms with van der Waals surface area (Å²) >= 11 is 2.89. The zero-order chi connectivity index (χ0) is 10.8. The first-order valence-corrected chi connectivity index (χ1v) is 4.98. The summed E-state index contributed by atoms with van der Waals surface area (Å²) in [7, 11) is 0. The third kappa shape index (κ3) is 1.97. The minimum atomic E-state index is -0.908. The zero-order valence-corrected chi connectivity index (χ0v) is 9.08. The topological polar surface area (TPSA) is 45.8 Å². The van der Waals surface area contributed by atoms with Gasteiger partial charge in [0.2, 0.25) is 5.82 Å². The third-order valence-corrected chi connectivity index (χ3v) is 2.40. The van der Waals surface area contributed by atoms with Crippen LogP contribution in [0, 0.1) is 5.82 Å². The molecular formula is C10H6BrFN2O. The largest absolute Gasteiger partial charge is 0.304 e. The number of nitrogens with one attached hydrogen (secondary N) is 1. The van der Waals surface area contributed by atoms with Gasteiger partial charge in [-0.05, 0) is 15.9 Å². The molecule has 15 heavy (non-hydrogen) atoms. The Balaban J connectivity index is 2.61. The number of benzene rings is 1. The van der Waals surface area contributed by atoms with Crippen molar-refractivity contribution in [3.8, 4) is 11.4 Å². The van der Waals surface area contributed by atoms with Gasteiger partial charge in [0, 0.05) is 5.56 Å². The van der Waals surface area contributed by atoms with Crippen LogP contribution in [0.25, 0.3) is 11.4 Å². The van der Waals surface area contributed by atoms with Gasteiger partial charge in [-0.2, -0.15) is 4.39 Å². The van der Waals surface area contributed by atoms with Gasteiger partial charge in [-0.15, -0.1) is 0 Å². The van der Waals surface area contributed by atoms with Gasteiger partial charge in [-0.25, -0.2) is 4.98 Å². The van der Waals surface area contributed by atoms with Crippen molar-refractivity contribution in [1.82, 2.24) is 9.97 Å². The minimum absolute atomic E-state index is 0.0786. The van der Waals surface area contributed by atoms with Crippen LogP contribution in [0.1, 0.15) is 0 Å². The van der Waals surface area contributed by atoms with E-state index < -0.39 is 11.4 Å². The molecule has 0 aliphatic rings. The van der Waals surface area contributed by atoms with Crippen LogP contribution >= 0.6 is 15.9 Å². The summed E-state index contributed by atoms with van der Waals surface area (Å²) in [6.07, 6.45) is 0. The molecule has 1 N–H and O–H groups in total. The van der Waals surface area contributed by atoms with Crippen molar-refractivity contribution in [3.63, 3.8) is 0 Å². The fourth-order valence-electron chi connectivity index (χ4n) is 1.16. The number of halogens is 2. The maximum Gasteiger partial charge on any atom is 0.288 e. The zero-order valence-electron chi connectivity index (χ0n) is 7.50. The predicted octanol–water partition coefficient (Wildman–Crippen LogP) is 2.34. The molecule has 1 heterocycles. The highest BCUT2D eigenvalue weighted by Gasteiger charge is 2.08. The number of aromatic nitrogens is 2. The first-order valence-electron chi connectivity index (χ1n) is 4.19. The molecule has 0 amide bonds. The van der Waals surface area contributed by atoms with E-state index in [-0.39, 0.29) is 4.60 Å². The van der Waals surface area contributed by atoms with Crippen molar-refractivity contribution in [2.75, 3.05) is 0 Å². The lowest BCUT2D eigenvalue weighted by atomic mass is 10.2. The minimum Gasteiger partial charge on any atom is -0.304 e. The Morgan fingerprint density at radius 1 is 1.27 bits per heavy atom. The molecule has 76 valence electrons. The van der Waals surface area contributed by atoms with Crippen molar-refractivity contribution >= 4 is 15.9 Å². The number of aromatic amines is 1. The van der Waals surface area contributed by atoms with Crippen LogP contribution in [0.15, 0.2) is 39.7 Å². The molecule has 0 atom stereocenters. The van der Waals surface area contributed by atoms with E-state index in [1.54, 1.807) is 12.1 Å². The van der Waals surface area contributed by atoms with Crippen LogP contribution in [0.3, 0.4) is 0 Å². The standard InChI is InChI=1S/C10H6BrFN2O/c11-8-7(12)10(15)14-9(13-8)6-4-2-1-3-5-6/h1-5H,(H,13,14,15). The molecule has 0 saturated heterocycles. The molecule has 0 saturated carbocycles. The van der Waals surface area contributed by atoms with Crippen LogP contribution in [-0.4, -0.2) is 9.97 Å². The van der Waals surface area contributed by atoms with E-state index in [1.807, 2.05) is 18.2 Å². The van der Waals surface area contributed by atoms with Gasteiger partial charge in [-0.3, -0.25) is 4.79 Å². The van der Waals surface area contributed by atoms with Crippen LogP contribution in [0.4, 0.5) is 4.39 Å². The number of H-pyrrole nitrogens is 1. The maximum absolute atomic E-state index is 13.0. The Kier molecular flexibility index (Phi) is 2.64. The average Bonchev–Trinajstić information content (AvgIpc) is 2.26. The Hall–Kier alpha value is -1.49. The molecule has 0 aliphatic carbocycles. The number of hydrogen-bond acceptors (Lipinski definition) is 2. The van der Waals surface area contributed by atoms with Crippen molar-refractivity contribution in [1.29, 1.82) is 0 Å². The van der Waals surface area contributed by atoms with E-state index >= 15 is 0 Å². The molecule has 0 bridgehead atoms. The summed E-state index contributed by atoms with van der Waals surface area (Å²) in [6.45, 7) is 0. The lowest BCUT2D eigenvalue weighted by Gasteiger charge is -2.00. The Morgan fingerprint density at radius 2 is 1.93 bits per heavy atom. The van der Waals surface area contributed by atoms with E-state index in [2.05, 4.69) is 25.9 Å². The second-order valence-electron chi connectivity index (χ2n) is 2.89. The highest BCUT2D eigenvalue weighted by molar-refractivity contribution is 9.10. The highest BCUT2D eigenvalue weighted by Crippen LogP contribution is 2.15. The van der Waals surface area contributed by atoms with Gasteiger partial charge in [0.15, 0.2) is 0 Å². The highest BCUT2D eigenvalue weighted by atomic mass is 79.9. The number of rotatable bonds is 1. The van der Waals surface area contributed by atoms with Crippen LogP contribution < -0.4 is 5.56 Å². The van der Waals surface area contributed by atoms with E-state index in [0.717, 1.165) is 5.56 Å².